The molecule has 1 unspecified atom stereocenters. The number of halogens is 1. The van der Waals surface area contributed by atoms with E-state index in [-0.39, 0.29) is 17.6 Å². The summed E-state index contributed by atoms with van der Waals surface area (Å²) in [6.45, 7) is 0.749. The van der Waals surface area contributed by atoms with Gasteiger partial charge < -0.3 is 10.4 Å². The quantitative estimate of drug-likeness (QED) is 0.805. The molecule has 0 aromatic heterocycles. The molecule has 1 atom stereocenters. The summed E-state index contributed by atoms with van der Waals surface area (Å²) in [6, 6.07) is 4.86. The van der Waals surface area contributed by atoms with Gasteiger partial charge in [0.2, 0.25) is 5.91 Å². The van der Waals surface area contributed by atoms with Crippen LogP contribution < -0.4 is 5.32 Å². The van der Waals surface area contributed by atoms with E-state index in [1.165, 1.54) is 6.07 Å². The van der Waals surface area contributed by atoms with Crippen LogP contribution in [0.2, 0.25) is 5.02 Å². The Morgan fingerprint density at radius 1 is 1.53 bits per heavy atom. The van der Waals surface area contributed by atoms with Gasteiger partial charge in [0.15, 0.2) is 0 Å². The molecule has 1 aliphatic rings. The van der Waals surface area contributed by atoms with Gasteiger partial charge in [-0.15, -0.1) is 0 Å². The molecule has 0 spiro atoms. The molecule has 0 saturated carbocycles. The largest absolute Gasteiger partial charge is 0.508 e. The van der Waals surface area contributed by atoms with Gasteiger partial charge in [-0.3, -0.25) is 4.79 Å². The minimum Gasteiger partial charge on any atom is -0.508 e. The zero-order valence-electron chi connectivity index (χ0n) is 8.16. The molecule has 15 heavy (non-hydrogen) atoms. The Bertz CT molecular complexity index is 392. The summed E-state index contributed by atoms with van der Waals surface area (Å²) in [5.41, 5.74) is 0.913. The molecule has 1 aromatic carbocycles. The zero-order chi connectivity index (χ0) is 10.8. The van der Waals surface area contributed by atoms with Crippen molar-refractivity contribution in [1.29, 1.82) is 0 Å². The smallest absolute Gasteiger partial charge is 0.223 e. The lowest BCUT2D eigenvalue weighted by Crippen LogP contribution is -2.20. The van der Waals surface area contributed by atoms with Crippen molar-refractivity contribution in [2.24, 2.45) is 5.92 Å². The topological polar surface area (TPSA) is 49.3 Å². The average Bonchev–Trinajstić information content (AvgIpc) is 2.57. The Hall–Kier alpha value is -1.22. The van der Waals surface area contributed by atoms with Crippen molar-refractivity contribution in [3.63, 3.8) is 0 Å². The van der Waals surface area contributed by atoms with Crippen LogP contribution in [-0.2, 0) is 11.2 Å². The van der Waals surface area contributed by atoms with Crippen molar-refractivity contribution in [2.45, 2.75) is 12.8 Å². The molecule has 80 valence electrons. The highest BCUT2D eigenvalue weighted by atomic mass is 35.5. The Balaban J connectivity index is 2.13. The predicted molar refractivity (Wildman–Crippen MR) is 57.9 cm³/mol. The number of phenols is 1. The number of amides is 1. The van der Waals surface area contributed by atoms with Crippen LogP contribution in [0.25, 0.3) is 0 Å². The number of carbonyl (C=O) groups is 1. The number of hydrogen-bond acceptors (Lipinski definition) is 2. The summed E-state index contributed by atoms with van der Waals surface area (Å²) in [5.74, 6) is 0.269. The van der Waals surface area contributed by atoms with E-state index >= 15 is 0 Å². The highest BCUT2D eigenvalue weighted by Gasteiger charge is 2.24. The van der Waals surface area contributed by atoms with Crippen molar-refractivity contribution in [3.8, 4) is 5.75 Å². The number of benzene rings is 1. The lowest BCUT2D eigenvalue weighted by molar-refractivity contribution is -0.122. The Labute approximate surface area is 93.1 Å². The fourth-order valence-corrected chi connectivity index (χ4v) is 2.06. The molecule has 2 rings (SSSR count). The van der Waals surface area contributed by atoms with E-state index in [2.05, 4.69) is 5.32 Å². The molecule has 1 fully saturated rings. The van der Waals surface area contributed by atoms with Crippen LogP contribution in [0.4, 0.5) is 0 Å². The van der Waals surface area contributed by atoms with Crippen molar-refractivity contribution in [3.05, 3.63) is 28.8 Å². The number of carbonyl (C=O) groups excluding carboxylic acids is 1. The van der Waals surface area contributed by atoms with Gasteiger partial charge in [0.05, 0.1) is 0 Å². The molecule has 3 nitrogen and oxygen atoms in total. The van der Waals surface area contributed by atoms with Crippen LogP contribution in [0.3, 0.4) is 0 Å². The van der Waals surface area contributed by atoms with Crippen molar-refractivity contribution >= 4 is 17.5 Å². The zero-order valence-corrected chi connectivity index (χ0v) is 8.92. The van der Waals surface area contributed by atoms with E-state index in [0.29, 0.717) is 11.4 Å². The highest BCUT2D eigenvalue weighted by molar-refractivity contribution is 6.31. The van der Waals surface area contributed by atoms with Gasteiger partial charge in [-0.1, -0.05) is 17.7 Å². The minimum atomic E-state index is 0.0204. The molecule has 1 aliphatic heterocycles. The SMILES string of the molecule is O=C1NCCC1Cc1ccc(O)cc1Cl. The summed E-state index contributed by atoms with van der Waals surface area (Å²) in [5, 5.41) is 12.5. The van der Waals surface area contributed by atoms with Gasteiger partial charge in [0.25, 0.3) is 0 Å². The van der Waals surface area contributed by atoms with E-state index in [9.17, 15) is 9.90 Å². The van der Waals surface area contributed by atoms with E-state index < -0.39 is 0 Å². The van der Waals surface area contributed by atoms with Gasteiger partial charge in [-0.25, -0.2) is 0 Å². The highest BCUT2D eigenvalue weighted by Crippen LogP contribution is 2.25. The van der Waals surface area contributed by atoms with Crippen LogP contribution in [-0.4, -0.2) is 17.6 Å². The molecule has 4 heteroatoms. The summed E-state index contributed by atoms with van der Waals surface area (Å²) in [7, 11) is 0. The summed E-state index contributed by atoms with van der Waals surface area (Å²) in [4.78, 5) is 11.4. The lowest BCUT2D eigenvalue weighted by atomic mass is 9.98. The second-order valence-electron chi connectivity index (χ2n) is 3.76. The number of phenolic OH excluding ortho intramolecular Hbond substituents is 1. The maximum absolute atomic E-state index is 11.4. The van der Waals surface area contributed by atoms with Gasteiger partial charge in [0.1, 0.15) is 5.75 Å². The van der Waals surface area contributed by atoms with E-state index in [1.54, 1.807) is 12.1 Å². The van der Waals surface area contributed by atoms with Crippen LogP contribution in [0.5, 0.6) is 5.75 Å². The average molecular weight is 226 g/mol. The Kier molecular flexibility index (Phi) is 2.82. The number of nitrogens with one attached hydrogen (secondary N) is 1. The molecule has 2 N–H and O–H groups in total. The lowest BCUT2D eigenvalue weighted by Gasteiger charge is -2.08. The Morgan fingerprint density at radius 3 is 2.93 bits per heavy atom. The van der Waals surface area contributed by atoms with Crippen molar-refractivity contribution < 1.29 is 9.90 Å². The van der Waals surface area contributed by atoms with Crippen molar-refractivity contribution in [2.75, 3.05) is 6.54 Å². The fourth-order valence-electron chi connectivity index (χ4n) is 1.81. The molecule has 1 saturated heterocycles. The maximum atomic E-state index is 11.4. The first kappa shape index (κ1) is 10.3. The second kappa shape index (κ2) is 4.11. The molecule has 0 aliphatic carbocycles. The maximum Gasteiger partial charge on any atom is 0.223 e. The first-order valence-electron chi connectivity index (χ1n) is 4.92. The molecule has 1 heterocycles. The fraction of sp³-hybridized carbons (Fsp3) is 0.364. The standard InChI is InChI=1S/C11H12ClNO2/c12-10-6-9(14)2-1-7(10)5-8-3-4-13-11(8)15/h1-2,6,8,14H,3-5H2,(H,13,15). The molecular formula is C11H12ClNO2. The number of hydrogen-bond donors (Lipinski definition) is 2. The van der Waals surface area contributed by atoms with Crippen molar-refractivity contribution in [1.82, 2.24) is 5.32 Å². The summed E-state index contributed by atoms with van der Waals surface area (Å²) in [6.07, 6.45) is 1.50. The van der Waals surface area contributed by atoms with Crippen LogP contribution in [0.15, 0.2) is 18.2 Å². The van der Waals surface area contributed by atoms with Gasteiger partial charge >= 0.3 is 0 Å². The van der Waals surface area contributed by atoms with Gasteiger partial charge in [0, 0.05) is 17.5 Å². The number of rotatable bonds is 2. The van der Waals surface area contributed by atoms with E-state index in [1.807, 2.05) is 0 Å². The van der Waals surface area contributed by atoms with Crippen LogP contribution >= 0.6 is 11.6 Å². The molecule has 0 radical (unpaired) electrons. The Morgan fingerprint density at radius 2 is 2.33 bits per heavy atom. The van der Waals surface area contributed by atoms with Crippen LogP contribution in [0.1, 0.15) is 12.0 Å². The minimum absolute atomic E-state index is 0.0204. The molecule has 0 bridgehead atoms. The van der Waals surface area contributed by atoms with Gasteiger partial charge in [-0.2, -0.15) is 0 Å². The second-order valence-corrected chi connectivity index (χ2v) is 4.16. The summed E-state index contributed by atoms with van der Waals surface area (Å²) < 4.78 is 0. The predicted octanol–water partition coefficient (Wildman–Crippen LogP) is 1.72. The third kappa shape index (κ3) is 2.23. The van der Waals surface area contributed by atoms with Crippen LogP contribution in [0, 0.1) is 5.92 Å². The number of aromatic hydroxyl groups is 1. The normalized spacial score (nSPS) is 20.3. The first-order valence-corrected chi connectivity index (χ1v) is 5.29. The monoisotopic (exact) mass is 225 g/mol. The summed E-state index contributed by atoms with van der Waals surface area (Å²) >= 11 is 5.96. The first-order chi connectivity index (χ1) is 7.16. The van der Waals surface area contributed by atoms with E-state index in [4.69, 9.17) is 11.6 Å². The van der Waals surface area contributed by atoms with E-state index in [0.717, 1.165) is 18.5 Å². The molecule has 1 amide bonds. The molecule has 1 aromatic rings. The third-order valence-electron chi connectivity index (χ3n) is 2.67. The third-order valence-corrected chi connectivity index (χ3v) is 3.02. The van der Waals surface area contributed by atoms with Gasteiger partial charge in [-0.05, 0) is 30.5 Å². The molecular weight excluding hydrogens is 214 g/mol.